The van der Waals surface area contributed by atoms with Gasteiger partial charge in [0.2, 0.25) is 10.0 Å². The second-order valence-corrected chi connectivity index (χ2v) is 6.25. The third kappa shape index (κ3) is 3.71. The van der Waals surface area contributed by atoms with Gasteiger partial charge in [-0.15, -0.1) is 0 Å². The summed E-state index contributed by atoms with van der Waals surface area (Å²) in [6, 6.07) is 6.92. The Morgan fingerprint density at radius 2 is 2.00 bits per heavy atom. The van der Waals surface area contributed by atoms with Crippen LogP contribution in [-0.4, -0.2) is 33.4 Å². The number of hydrogen-bond donors (Lipinski definition) is 1. The maximum Gasteiger partial charge on any atom is 0.242 e. The molecule has 1 rings (SSSR count). The summed E-state index contributed by atoms with van der Waals surface area (Å²) in [5, 5.41) is 3.21. The van der Waals surface area contributed by atoms with Gasteiger partial charge in [-0.1, -0.05) is 19.4 Å². The molecule has 96 valence electrons. The Labute approximate surface area is 104 Å². The van der Waals surface area contributed by atoms with Crippen LogP contribution < -0.4 is 5.32 Å². The van der Waals surface area contributed by atoms with E-state index >= 15 is 0 Å². The Bertz CT molecular complexity index is 455. The van der Waals surface area contributed by atoms with Gasteiger partial charge in [0.1, 0.15) is 0 Å². The first-order chi connectivity index (χ1) is 7.98. The predicted octanol–water partition coefficient (Wildman–Crippen LogP) is 2.15. The lowest BCUT2D eigenvalue weighted by molar-refractivity contribution is 0.521. The Morgan fingerprint density at radius 3 is 2.59 bits per heavy atom. The van der Waals surface area contributed by atoms with Crippen molar-refractivity contribution in [2.75, 3.05) is 26.0 Å². The highest BCUT2D eigenvalue weighted by molar-refractivity contribution is 7.89. The fourth-order valence-electron chi connectivity index (χ4n) is 1.39. The number of nitrogens with zero attached hydrogens (tertiary/aromatic N) is 1. The molecular formula is C12H20N2O2S. The van der Waals surface area contributed by atoms with E-state index in [-0.39, 0.29) is 0 Å². The number of hydrogen-bond acceptors (Lipinski definition) is 3. The molecule has 0 atom stereocenters. The van der Waals surface area contributed by atoms with E-state index in [1.165, 1.54) is 18.4 Å². The maximum atomic E-state index is 11.9. The molecule has 0 saturated heterocycles. The second-order valence-electron chi connectivity index (χ2n) is 4.10. The van der Waals surface area contributed by atoms with Crippen LogP contribution in [0.3, 0.4) is 0 Å². The minimum Gasteiger partial charge on any atom is -0.385 e. The highest BCUT2D eigenvalue weighted by Gasteiger charge is 2.16. The molecule has 0 saturated carbocycles. The average Bonchev–Trinajstić information content (AvgIpc) is 2.29. The van der Waals surface area contributed by atoms with Crippen molar-refractivity contribution in [3.8, 4) is 0 Å². The molecule has 0 aliphatic heterocycles. The third-order valence-electron chi connectivity index (χ3n) is 2.47. The molecular weight excluding hydrogens is 236 g/mol. The molecule has 0 unspecified atom stereocenters. The molecule has 0 bridgehead atoms. The molecule has 0 aromatic heterocycles. The molecule has 1 aromatic carbocycles. The molecule has 0 aliphatic carbocycles. The van der Waals surface area contributed by atoms with Crippen molar-refractivity contribution in [3.05, 3.63) is 24.3 Å². The van der Waals surface area contributed by atoms with Gasteiger partial charge >= 0.3 is 0 Å². The van der Waals surface area contributed by atoms with E-state index in [0.717, 1.165) is 25.1 Å². The third-order valence-corrected chi connectivity index (χ3v) is 4.28. The van der Waals surface area contributed by atoms with Crippen molar-refractivity contribution in [3.63, 3.8) is 0 Å². The maximum absolute atomic E-state index is 11.9. The number of anilines is 1. The smallest absolute Gasteiger partial charge is 0.242 e. The summed E-state index contributed by atoms with van der Waals surface area (Å²) in [6.07, 6.45) is 2.19. The van der Waals surface area contributed by atoms with Crippen molar-refractivity contribution < 1.29 is 8.42 Å². The van der Waals surface area contributed by atoms with Gasteiger partial charge in [0, 0.05) is 26.3 Å². The van der Waals surface area contributed by atoms with E-state index in [9.17, 15) is 8.42 Å². The summed E-state index contributed by atoms with van der Waals surface area (Å²) in [5.41, 5.74) is 0.848. The van der Waals surface area contributed by atoms with Crippen molar-refractivity contribution in [2.24, 2.45) is 0 Å². The number of unbranched alkanes of at least 4 members (excludes halogenated alkanes) is 1. The molecule has 0 heterocycles. The molecule has 0 aliphatic rings. The first-order valence-corrected chi connectivity index (χ1v) is 7.19. The van der Waals surface area contributed by atoms with Crippen molar-refractivity contribution in [2.45, 2.75) is 24.7 Å². The van der Waals surface area contributed by atoms with E-state index in [2.05, 4.69) is 12.2 Å². The van der Waals surface area contributed by atoms with Crippen LogP contribution >= 0.6 is 0 Å². The van der Waals surface area contributed by atoms with Gasteiger partial charge in [0.05, 0.1) is 4.90 Å². The average molecular weight is 256 g/mol. The molecule has 17 heavy (non-hydrogen) atoms. The lowest BCUT2D eigenvalue weighted by atomic mass is 10.3. The summed E-state index contributed by atoms with van der Waals surface area (Å²) < 4.78 is 25.0. The topological polar surface area (TPSA) is 49.4 Å². The number of nitrogens with one attached hydrogen (secondary N) is 1. The van der Waals surface area contributed by atoms with E-state index in [1.54, 1.807) is 18.2 Å². The van der Waals surface area contributed by atoms with Gasteiger partial charge in [-0.25, -0.2) is 12.7 Å². The first-order valence-electron chi connectivity index (χ1n) is 5.75. The minimum absolute atomic E-state index is 0.323. The highest BCUT2D eigenvalue weighted by Crippen LogP contribution is 2.17. The lowest BCUT2D eigenvalue weighted by Gasteiger charge is -2.12. The van der Waals surface area contributed by atoms with Crippen LogP contribution in [0.4, 0.5) is 5.69 Å². The fraction of sp³-hybridized carbons (Fsp3) is 0.500. The number of benzene rings is 1. The zero-order chi connectivity index (χ0) is 12.9. The van der Waals surface area contributed by atoms with Crippen LogP contribution in [0.25, 0.3) is 0 Å². The van der Waals surface area contributed by atoms with Crippen LogP contribution in [0.15, 0.2) is 29.2 Å². The molecule has 0 radical (unpaired) electrons. The van der Waals surface area contributed by atoms with Crippen LogP contribution in [0.5, 0.6) is 0 Å². The molecule has 5 heteroatoms. The highest BCUT2D eigenvalue weighted by atomic mass is 32.2. The molecule has 1 aromatic rings. The van der Waals surface area contributed by atoms with Crippen LogP contribution in [0.2, 0.25) is 0 Å². The van der Waals surface area contributed by atoms with Gasteiger partial charge in [0.15, 0.2) is 0 Å². The van der Waals surface area contributed by atoms with Gasteiger partial charge in [-0.05, 0) is 24.6 Å². The van der Waals surface area contributed by atoms with Gasteiger partial charge in [-0.3, -0.25) is 0 Å². The summed E-state index contributed by atoms with van der Waals surface area (Å²) in [6.45, 7) is 2.98. The quantitative estimate of drug-likeness (QED) is 0.793. The number of rotatable bonds is 6. The fourth-order valence-corrected chi connectivity index (χ4v) is 2.33. The van der Waals surface area contributed by atoms with Crippen LogP contribution in [0, 0.1) is 0 Å². The SMILES string of the molecule is CCCCNc1cccc(S(=O)(=O)N(C)C)c1. The molecule has 0 fully saturated rings. The van der Waals surface area contributed by atoms with E-state index < -0.39 is 10.0 Å². The zero-order valence-electron chi connectivity index (χ0n) is 10.6. The summed E-state index contributed by atoms with van der Waals surface area (Å²) in [7, 11) is -0.268. The minimum atomic E-state index is -3.34. The molecule has 0 amide bonds. The van der Waals surface area contributed by atoms with Crippen LogP contribution in [-0.2, 0) is 10.0 Å². The van der Waals surface area contributed by atoms with E-state index in [1.807, 2.05) is 6.07 Å². The van der Waals surface area contributed by atoms with Gasteiger partial charge in [-0.2, -0.15) is 0 Å². The second kappa shape index (κ2) is 6.02. The van der Waals surface area contributed by atoms with Crippen molar-refractivity contribution in [1.29, 1.82) is 0 Å². The van der Waals surface area contributed by atoms with E-state index in [4.69, 9.17) is 0 Å². The molecule has 4 nitrogen and oxygen atoms in total. The predicted molar refractivity (Wildman–Crippen MR) is 70.7 cm³/mol. The monoisotopic (exact) mass is 256 g/mol. The number of sulfonamides is 1. The summed E-state index contributed by atoms with van der Waals surface area (Å²) in [5.74, 6) is 0. The van der Waals surface area contributed by atoms with Gasteiger partial charge < -0.3 is 5.32 Å². The Hall–Kier alpha value is -1.07. The lowest BCUT2D eigenvalue weighted by Crippen LogP contribution is -2.22. The standard InChI is InChI=1S/C12H20N2O2S/c1-4-5-9-13-11-7-6-8-12(10-11)17(15,16)14(2)3/h6-8,10,13H,4-5,9H2,1-3H3. The summed E-state index contributed by atoms with van der Waals surface area (Å²) in [4.78, 5) is 0.323. The summed E-state index contributed by atoms with van der Waals surface area (Å²) >= 11 is 0. The van der Waals surface area contributed by atoms with Crippen molar-refractivity contribution >= 4 is 15.7 Å². The largest absolute Gasteiger partial charge is 0.385 e. The molecule has 1 N–H and O–H groups in total. The van der Waals surface area contributed by atoms with E-state index in [0.29, 0.717) is 4.90 Å². The Kier molecular flexibility index (Phi) is 4.96. The zero-order valence-corrected chi connectivity index (χ0v) is 11.4. The van der Waals surface area contributed by atoms with Gasteiger partial charge in [0.25, 0.3) is 0 Å². The Balaban J connectivity index is 2.86. The normalized spacial score (nSPS) is 11.8. The molecule has 0 spiro atoms. The first kappa shape index (κ1) is 14.0. The van der Waals surface area contributed by atoms with Crippen molar-refractivity contribution in [1.82, 2.24) is 4.31 Å². The van der Waals surface area contributed by atoms with Crippen LogP contribution in [0.1, 0.15) is 19.8 Å². The Morgan fingerprint density at radius 1 is 1.29 bits per heavy atom.